The van der Waals surface area contributed by atoms with Gasteiger partial charge in [0.2, 0.25) is 0 Å². The average molecular weight is 319 g/mol. The fourth-order valence-electron chi connectivity index (χ4n) is 1.52. The van der Waals surface area contributed by atoms with E-state index in [0.717, 1.165) is 0 Å². The normalized spacial score (nSPS) is 16.6. The number of benzene rings is 1. The lowest BCUT2D eigenvalue weighted by molar-refractivity contribution is 0.0416. The Hall–Kier alpha value is -0.720. The quantitative estimate of drug-likeness (QED) is 0.798. The van der Waals surface area contributed by atoms with Crippen LogP contribution in [0, 0.1) is 0 Å². The molecule has 17 heavy (non-hydrogen) atoms. The molecule has 0 spiro atoms. The largest absolute Gasteiger partial charge is 0.379 e. The van der Waals surface area contributed by atoms with Crippen LogP contribution < -0.4 is 0 Å². The minimum atomic E-state index is -3.36. The Labute approximate surface area is 108 Å². The first-order chi connectivity index (χ1) is 7.93. The third-order valence-electron chi connectivity index (χ3n) is 2.69. The Balaban J connectivity index is 2.43. The highest BCUT2D eigenvalue weighted by atomic mass is 79.9. The van der Waals surface area contributed by atoms with Gasteiger partial charge in [-0.05, 0) is 35.0 Å². The molecule has 1 aromatic rings. The van der Waals surface area contributed by atoms with Gasteiger partial charge >= 0.3 is 0 Å². The molecule has 0 aromatic heterocycles. The molecular weight excluding hydrogens is 308 g/mol. The molecule has 6 heteroatoms. The van der Waals surface area contributed by atoms with E-state index in [2.05, 4.69) is 15.9 Å². The third kappa shape index (κ3) is 2.29. The van der Waals surface area contributed by atoms with E-state index in [1.807, 2.05) is 0 Å². The molecule has 1 aliphatic heterocycles. The van der Waals surface area contributed by atoms with Crippen molar-refractivity contribution in [2.24, 2.45) is 0 Å². The molecular formula is C11H11BrO4S. The predicted octanol–water partition coefficient (Wildman–Crippen LogP) is 1.82. The Morgan fingerprint density at radius 2 is 2.06 bits per heavy atom. The van der Waals surface area contributed by atoms with Crippen molar-refractivity contribution in [3.63, 3.8) is 0 Å². The molecule has 0 unspecified atom stereocenters. The van der Waals surface area contributed by atoms with Gasteiger partial charge in [0.05, 0.1) is 18.1 Å². The SMILES string of the molecule is CC(=O)c1ccc(S(=O)(=O)C2COC2)c(Br)c1. The molecule has 0 bridgehead atoms. The fraction of sp³-hybridized carbons (Fsp3) is 0.364. The van der Waals surface area contributed by atoms with Crippen molar-refractivity contribution in [3.8, 4) is 0 Å². The molecule has 1 fully saturated rings. The molecule has 1 saturated heterocycles. The fourth-order valence-corrected chi connectivity index (χ4v) is 4.08. The van der Waals surface area contributed by atoms with Crippen LogP contribution in [0.4, 0.5) is 0 Å². The van der Waals surface area contributed by atoms with Gasteiger partial charge in [-0.1, -0.05) is 6.07 Å². The van der Waals surface area contributed by atoms with E-state index in [-0.39, 0.29) is 23.9 Å². The highest BCUT2D eigenvalue weighted by Gasteiger charge is 2.35. The summed E-state index contributed by atoms with van der Waals surface area (Å²) < 4.78 is 29.6. The molecule has 1 heterocycles. The molecule has 1 aromatic carbocycles. The average Bonchev–Trinajstić information content (AvgIpc) is 2.13. The van der Waals surface area contributed by atoms with Crippen molar-refractivity contribution in [2.45, 2.75) is 17.1 Å². The Morgan fingerprint density at radius 1 is 1.41 bits per heavy atom. The number of rotatable bonds is 3. The van der Waals surface area contributed by atoms with Gasteiger partial charge in [-0.3, -0.25) is 4.79 Å². The van der Waals surface area contributed by atoms with Crippen molar-refractivity contribution >= 4 is 31.6 Å². The molecule has 1 aliphatic rings. The molecule has 92 valence electrons. The summed E-state index contributed by atoms with van der Waals surface area (Å²) in [5.41, 5.74) is 0.487. The molecule has 0 radical (unpaired) electrons. The van der Waals surface area contributed by atoms with Gasteiger partial charge in [0.1, 0.15) is 5.25 Å². The van der Waals surface area contributed by atoms with Gasteiger partial charge < -0.3 is 4.74 Å². The summed E-state index contributed by atoms with van der Waals surface area (Å²) in [6.45, 7) is 1.92. The van der Waals surface area contributed by atoms with E-state index < -0.39 is 15.1 Å². The summed E-state index contributed by atoms with van der Waals surface area (Å²) in [6, 6.07) is 4.53. The maximum absolute atomic E-state index is 12.1. The molecule has 0 saturated carbocycles. The summed E-state index contributed by atoms with van der Waals surface area (Å²) in [5.74, 6) is -0.0957. The predicted molar refractivity (Wildman–Crippen MR) is 65.9 cm³/mol. The Bertz CT molecular complexity index is 561. The summed E-state index contributed by atoms with van der Waals surface area (Å²) >= 11 is 3.20. The van der Waals surface area contributed by atoms with Crippen molar-refractivity contribution in [2.75, 3.05) is 13.2 Å². The minimum Gasteiger partial charge on any atom is -0.379 e. The van der Waals surface area contributed by atoms with E-state index in [1.54, 1.807) is 0 Å². The van der Waals surface area contributed by atoms with Crippen LogP contribution in [0.25, 0.3) is 0 Å². The zero-order chi connectivity index (χ0) is 12.6. The van der Waals surface area contributed by atoms with Crippen LogP contribution in [0.3, 0.4) is 0 Å². The van der Waals surface area contributed by atoms with Crippen molar-refractivity contribution in [3.05, 3.63) is 28.2 Å². The van der Waals surface area contributed by atoms with Gasteiger partial charge in [0.15, 0.2) is 15.6 Å². The van der Waals surface area contributed by atoms with Gasteiger partial charge in [0, 0.05) is 10.0 Å². The second-order valence-electron chi connectivity index (χ2n) is 3.91. The smallest absolute Gasteiger partial charge is 0.186 e. The first-order valence-corrected chi connectivity index (χ1v) is 7.39. The summed E-state index contributed by atoms with van der Waals surface area (Å²) in [7, 11) is -3.36. The number of carbonyl (C=O) groups excluding carboxylic acids is 1. The second kappa shape index (κ2) is 4.51. The Morgan fingerprint density at radius 3 is 2.47 bits per heavy atom. The van der Waals surface area contributed by atoms with E-state index in [1.165, 1.54) is 25.1 Å². The molecule has 2 rings (SSSR count). The maximum Gasteiger partial charge on any atom is 0.186 e. The number of hydrogen-bond donors (Lipinski definition) is 0. The first-order valence-electron chi connectivity index (χ1n) is 5.05. The first kappa shape index (κ1) is 12.7. The lowest BCUT2D eigenvalue weighted by atomic mass is 10.2. The Kier molecular flexibility index (Phi) is 3.38. The number of carbonyl (C=O) groups is 1. The van der Waals surface area contributed by atoms with Gasteiger partial charge in [0.25, 0.3) is 0 Å². The van der Waals surface area contributed by atoms with Crippen LogP contribution in [-0.4, -0.2) is 32.7 Å². The number of halogens is 1. The van der Waals surface area contributed by atoms with E-state index in [4.69, 9.17) is 4.74 Å². The summed E-state index contributed by atoms with van der Waals surface area (Å²) in [6.07, 6.45) is 0. The number of sulfone groups is 1. The van der Waals surface area contributed by atoms with Gasteiger partial charge in [-0.2, -0.15) is 0 Å². The number of Topliss-reactive ketones (excluding diaryl/α,β-unsaturated/α-hetero) is 1. The topological polar surface area (TPSA) is 60.4 Å². The van der Waals surface area contributed by atoms with E-state index >= 15 is 0 Å². The standard InChI is InChI=1S/C11H11BrO4S/c1-7(13)8-2-3-11(10(12)4-8)17(14,15)9-5-16-6-9/h2-4,9H,5-6H2,1H3. The van der Waals surface area contributed by atoms with E-state index in [0.29, 0.717) is 10.0 Å². The monoisotopic (exact) mass is 318 g/mol. The number of hydrogen-bond acceptors (Lipinski definition) is 4. The highest BCUT2D eigenvalue weighted by Crippen LogP contribution is 2.29. The minimum absolute atomic E-state index is 0.0957. The molecule has 0 aliphatic carbocycles. The van der Waals surface area contributed by atoms with Crippen LogP contribution in [0.15, 0.2) is 27.6 Å². The molecule has 0 amide bonds. The molecule has 0 atom stereocenters. The zero-order valence-corrected chi connectivity index (χ0v) is 11.5. The van der Waals surface area contributed by atoms with Crippen molar-refractivity contribution in [1.29, 1.82) is 0 Å². The zero-order valence-electron chi connectivity index (χ0n) is 9.14. The molecule has 4 nitrogen and oxygen atoms in total. The van der Waals surface area contributed by atoms with Gasteiger partial charge in [-0.25, -0.2) is 8.42 Å². The lowest BCUT2D eigenvalue weighted by Gasteiger charge is -2.26. The van der Waals surface area contributed by atoms with Gasteiger partial charge in [-0.15, -0.1) is 0 Å². The second-order valence-corrected chi connectivity index (χ2v) is 6.96. The molecule has 0 N–H and O–H groups in total. The van der Waals surface area contributed by atoms with Crippen LogP contribution in [0.2, 0.25) is 0 Å². The van der Waals surface area contributed by atoms with Crippen LogP contribution in [0.5, 0.6) is 0 Å². The van der Waals surface area contributed by atoms with Crippen molar-refractivity contribution < 1.29 is 17.9 Å². The van der Waals surface area contributed by atoms with Crippen LogP contribution in [0.1, 0.15) is 17.3 Å². The summed E-state index contributed by atoms with van der Waals surface area (Å²) in [5, 5.41) is -0.470. The van der Waals surface area contributed by atoms with Crippen LogP contribution >= 0.6 is 15.9 Å². The third-order valence-corrected chi connectivity index (χ3v) is 5.73. The van der Waals surface area contributed by atoms with Crippen LogP contribution in [-0.2, 0) is 14.6 Å². The maximum atomic E-state index is 12.1. The van der Waals surface area contributed by atoms with E-state index in [9.17, 15) is 13.2 Å². The lowest BCUT2D eigenvalue weighted by Crippen LogP contribution is -2.40. The highest BCUT2D eigenvalue weighted by molar-refractivity contribution is 9.10. The number of ether oxygens (including phenoxy) is 1. The number of ketones is 1. The summed E-state index contributed by atoms with van der Waals surface area (Å²) in [4.78, 5) is 11.4. The van der Waals surface area contributed by atoms with Crippen molar-refractivity contribution in [1.82, 2.24) is 0 Å².